The molecule has 0 radical (unpaired) electrons. The summed E-state index contributed by atoms with van der Waals surface area (Å²) in [6.07, 6.45) is 7.61. The highest BCUT2D eigenvalue weighted by Gasteiger charge is 2.26. The molecule has 1 fully saturated rings. The van der Waals surface area contributed by atoms with E-state index < -0.39 is 11.8 Å². The summed E-state index contributed by atoms with van der Waals surface area (Å²) in [6, 6.07) is 12.5. The van der Waals surface area contributed by atoms with Crippen LogP contribution in [0.25, 0.3) is 33.5 Å². The molecule has 4 aromatic rings. The van der Waals surface area contributed by atoms with Crippen molar-refractivity contribution in [3.63, 3.8) is 0 Å². The molecule has 1 atom stereocenters. The number of amides is 1. The third-order valence-electron chi connectivity index (χ3n) is 7.71. The summed E-state index contributed by atoms with van der Waals surface area (Å²) in [5.41, 5.74) is 2.42. The largest absolute Gasteiger partial charge is 0.478 e. The van der Waals surface area contributed by atoms with E-state index in [1.54, 1.807) is 30.3 Å². The Balaban J connectivity index is 1.53. The quantitative estimate of drug-likeness (QED) is 0.194. The van der Waals surface area contributed by atoms with Gasteiger partial charge in [-0.25, -0.2) is 14.2 Å². The van der Waals surface area contributed by atoms with Crippen molar-refractivity contribution in [2.75, 3.05) is 0 Å². The summed E-state index contributed by atoms with van der Waals surface area (Å²) in [5, 5.41) is 13.6. The highest BCUT2D eigenvalue weighted by Crippen LogP contribution is 2.39. The van der Waals surface area contributed by atoms with Gasteiger partial charge < -0.3 is 15.4 Å². The van der Waals surface area contributed by atoms with Crippen molar-refractivity contribution in [3.05, 3.63) is 75.5 Å². The molecule has 3 aromatic carbocycles. The van der Waals surface area contributed by atoms with E-state index in [1.807, 2.05) is 0 Å². The van der Waals surface area contributed by atoms with Gasteiger partial charge in [-0.15, -0.1) is 0 Å². The molecule has 208 valence electrons. The van der Waals surface area contributed by atoms with Gasteiger partial charge in [0.25, 0.3) is 5.91 Å². The maximum Gasteiger partial charge on any atom is 0.336 e. The van der Waals surface area contributed by atoms with Crippen LogP contribution in [0, 0.1) is 11.7 Å². The van der Waals surface area contributed by atoms with Crippen LogP contribution < -0.4 is 5.32 Å². The Labute approximate surface area is 241 Å². The fourth-order valence-electron chi connectivity index (χ4n) is 5.73. The average Bonchev–Trinajstić information content (AvgIpc) is 3.35. The van der Waals surface area contributed by atoms with E-state index in [0.29, 0.717) is 44.5 Å². The van der Waals surface area contributed by atoms with Crippen molar-refractivity contribution in [2.24, 2.45) is 5.92 Å². The van der Waals surface area contributed by atoms with Crippen LogP contribution in [0.3, 0.4) is 0 Å². The maximum atomic E-state index is 14.0. The van der Waals surface area contributed by atoms with Gasteiger partial charge in [-0.05, 0) is 55.0 Å². The number of halogens is 3. The number of hydrogen-bond donors (Lipinski definition) is 3. The van der Waals surface area contributed by atoms with Crippen molar-refractivity contribution < 1.29 is 19.1 Å². The van der Waals surface area contributed by atoms with Gasteiger partial charge in [0.2, 0.25) is 0 Å². The minimum Gasteiger partial charge on any atom is -0.478 e. The fraction of sp³-hybridized carbons (Fsp3) is 0.323. The molecule has 1 heterocycles. The molecule has 5 rings (SSSR count). The number of nitrogens with one attached hydrogen (secondary N) is 2. The number of aromatic amines is 1. The second kappa shape index (κ2) is 12.0. The number of aromatic carboxylic acids is 1. The van der Waals surface area contributed by atoms with Crippen molar-refractivity contribution in [2.45, 2.75) is 57.9 Å². The van der Waals surface area contributed by atoms with Gasteiger partial charge in [-0.2, -0.15) is 0 Å². The van der Waals surface area contributed by atoms with E-state index in [-0.39, 0.29) is 28.1 Å². The molecule has 0 bridgehead atoms. The van der Waals surface area contributed by atoms with Crippen LogP contribution >= 0.6 is 23.2 Å². The first-order chi connectivity index (χ1) is 19.3. The second-order valence-electron chi connectivity index (χ2n) is 10.4. The number of benzene rings is 3. The molecule has 1 aliphatic rings. The van der Waals surface area contributed by atoms with Gasteiger partial charge in [-0.1, -0.05) is 74.0 Å². The highest BCUT2D eigenvalue weighted by molar-refractivity contribution is 6.34. The van der Waals surface area contributed by atoms with Gasteiger partial charge in [0.15, 0.2) is 0 Å². The van der Waals surface area contributed by atoms with Crippen molar-refractivity contribution in [3.8, 4) is 22.5 Å². The van der Waals surface area contributed by atoms with Crippen LogP contribution in [-0.2, 0) is 0 Å². The lowest BCUT2D eigenvalue weighted by atomic mass is 9.82. The van der Waals surface area contributed by atoms with Crippen molar-refractivity contribution in [1.29, 1.82) is 0 Å². The summed E-state index contributed by atoms with van der Waals surface area (Å²) in [7, 11) is 0. The first kappa shape index (κ1) is 28.1. The van der Waals surface area contributed by atoms with Crippen LogP contribution in [0.4, 0.5) is 4.39 Å². The lowest BCUT2D eigenvalue weighted by Gasteiger charge is -2.31. The van der Waals surface area contributed by atoms with E-state index in [1.165, 1.54) is 37.5 Å². The number of hydrogen-bond acceptors (Lipinski definition) is 3. The van der Waals surface area contributed by atoms with Gasteiger partial charge in [0.1, 0.15) is 11.6 Å². The number of aromatic nitrogens is 2. The topological polar surface area (TPSA) is 95.1 Å². The van der Waals surface area contributed by atoms with E-state index in [2.05, 4.69) is 22.2 Å². The number of imidazole rings is 1. The molecule has 40 heavy (non-hydrogen) atoms. The molecule has 3 N–H and O–H groups in total. The minimum absolute atomic E-state index is 0.0523. The molecule has 9 heteroatoms. The van der Waals surface area contributed by atoms with Gasteiger partial charge >= 0.3 is 5.97 Å². The molecule has 0 saturated heterocycles. The summed E-state index contributed by atoms with van der Waals surface area (Å²) in [4.78, 5) is 33.4. The zero-order chi connectivity index (χ0) is 28.4. The zero-order valence-electron chi connectivity index (χ0n) is 22.1. The van der Waals surface area contributed by atoms with Crippen molar-refractivity contribution >= 4 is 46.1 Å². The van der Waals surface area contributed by atoms with E-state index in [4.69, 9.17) is 23.2 Å². The standard InChI is InChI=1S/C31H30Cl2FN3O3/c1-2-7-25(17-8-4-3-5-9-17)37-30(38)18-12-13-19(21(14-18)31(39)40)28-20(10-6-11-22(28)32)29-35-26-15-23(33)24(34)16-27(26)36-29/h6,10-17,25H,2-5,7-9H2,1H3,(H,35,36)(H,37,38)(H,39,40)/t25-/m1/s1. The summed E-state index contributed by atoms with van der Waals surface area (Å²) >= 11 is 12.6. The Hall–Kier alpha value is -3.42. The molecule has 1 aliphatic carbocycles. The Bertz CT molecular complexity index is 1540. The molecular weight excluding hydrogens is 552 g/mol. The van der Waals surface area contributed by atoms with E-state index in [0.717, 1.165) is 25.7 Å². The molecule has 0 spiro atoms. The molecule has 0 aliphatic heterocycles. The smallest absolute Gasteiger partial charge is 0.336 e. The fourth-order valence-corrected chi connectivity index (χ4v) is 6.17. The maximum absolute atomic E-state index is 14.0. The first-order valence-electron chi connectivity index (χ1n) is 13.6. The lowest BCUT2D eigenvalue weighted by molar-refractivity contribution is 0.0697. The van der Waals surface area contributed by atoms with Gasteiger partial charge in [-0.3, -0.25) is 4.79 Å². The van der Waals surface area contributed by atoms with Crippen LogP contribution in [0.5, 0.6) is 0 Å². The number of fused-ring (bicyclic) bond motifs is 1. The number of carboxylic acid groups (broad SMARTS) is 1. The van der Waals surface area contributed by atoms with Crippen LogP contribution in [0.1, 0.15) is 72.6 Å². The third kappa shape index (κ3) is 5.72. The van der Waals surface area contributed by atoms with E-state index >= 15 is 0 Å². The number of carbonyl (C=O) groups excluding carboxylic acids is 1. The Kier molecular flexibility index (Phi) is 8.43. The number of carboxylic acids is 1. The Morgan fingerprint density at radius 3 is 2.58 bits per heavy atom. The number of carbonyl (C=O) groups is 2. The van der Waals surface area contributed by atoms with Crippen LogP contribution in [0.2, 0.25) is 10.0 Å². The third-order valence-corrected chi connectivity index (χ3v) is 8.31. The molecular formula is C31H30Cl2FN3O3. The second-order valence-corrected chi connectivity index (χ2v) is 11.2. The Morgan fingerprint density at radius 2 is 1.85 bits per heavy atom. The molecule has 6 nitrogen and oxygen atoms in total. The Morgan fingerprint density at radius 1 is 1.07 bits per heavy atom. The summed E-state index contributed by atoms with van der Waals surface area (Å²) < 4.78 is 14.0. The zero-order valence-corrected chi connectivity index (χ0v) is 23.6. The average molecular weight is 583 g/mol. The monoisotopic (exact) mass is 581 g/mol. The minimum atomic E-state index is -1.19. The van der Waals surface area contributed by atoms with Crippen LogP contribution in [-0.4, -0.2) is 33.0 Å². The molecule has 1 amide bonds. The van der Waals surface area contributed by atoms with Gasteiger partial charge in [0.05, 0.1) is 21.6 Å². The summed E-state index contributed by atoms with van der Waals surface area (Å²) in [6.45, 7) is 2.10. The molecule has 1 aromatic heterocycles. The predicted octanol–water partition coefficient (Wildman–Crippen LogP) is 8.52. The highest BCUT2D eigenvalue weighted by atomic mass is 35.5. The SMILES string of the molecule is CCC[C@@H](NC(=O)c1ccc(-c2c(Cl)cccc2-c2nc3cc(Cl)c(F)cc3[nH]2)c(C(=O)O)c1)C1CCCCC1. The lowest BCUT2D eigenvalue weighted by Crippen LogP contribution is -2.41. The number of rotatable bonds is 8. The van der Waals surface area contributed by atoms with Gasteiger partial charge in [0, 0.05) is 33.8 Å². The van der Waals surface area contributed by atoms with Crippen LogP contribution in [0.15, 0.2) is 48.5 Å². The predicted molar refractivity (Wildman–Crippen MR) is 157 cm³/mol. The molecule has 1 saturated carbocycles. The van der Waals surface area contributed by atoms with Crippen molar-refractivity contribution in [1.82, 2.24) is 15.3 Å². The first-order valence-corrected chi connectivity index (χ1v) is 14.3. The summed E-state index contributed by atoms with van der Waals surface area (Å²) in [5.74, 6) is -1.24. The number of nitrogens with zero attached hydrogens (tertiary/aromatic N) is 1. The van der Waals surface area contributed by atoms with E-state index in [9.17, 15) is 19.1 Å². The normalized spacial score (nSPS) is 14.8. The number of H-pyrrole nitrogens is 1. The molecule has 0 unspecified atom stereocenters.